The standard InChI is InChI=1S/C14H28N4O2/c1-14(2,12(19)15-3)10-17-13(16-4)18(5)8-11-6-7-20-9-11/h11H,6-10H2,1-5H3,(H,15,19)(H,16,17). The van der Waals surface area contributed by atoms with Gasteiger partial charge >= 0.3 is 0 Å². The Morgan fingerprint density at radius 3 is 2.70 bits per heavy atom. The minimum atomic E-state index is -0.470. The van der Waals surface area contributed by atoms with Crippen molar-refractivity contribution in [3.05, 3.63) is 0 Å². The first-order valence-corrected chi connectivity index (χ1v) is 7.12. The van der Waals surface area contributed by atoms with Crippen LogP contribution in [0.5, 0.6) is 0 Å². The Hall–Kier alpha value is -1.30. The van der Waals surface area contributed by atoms with Crippen LogP contribution in [0.4, 0.5) is 0 Å². The maximum Gasteiger partial charge on any atom is 0.227 e. The van der Waals surface area contributed by atoms with Gasteiger partial charge in [-0.2, -0.15) is 0 Å². The lowest BCUT2D eigenvalue weighted by Crippen LogP contribution is -2.48. The molecule has 6 heteroatoms. The zero-order valence-corrected chi connectivity index (χ0v) is 13.3. The molecule has 1 heterocycles. The fraction of sp³-hybridized carbons (Fsp3) is 0.857. The molecule has 1 fully saturated rings. The Morgan fingerprint density at radius 2 is 2.20 bits per heavy atom. The molecule has 0 aromatic rings. The van der Waals surface area contributed by atoms with Crippen molar-refractivity contribution in [2.24, 2.45) is 16.3 Å². The van der Waals surface area contributed by atoms with Crippen LogP contribution in [0.3, 0.4) is 0 Å². The lowest BCUT2D eigenvalue weighted by atomic mass is 9.92. The summed E-state index contributed by atoms with van der Waals surface area (Å²) in [5, 5.41) is 5.96. The second-order valence-electron chi connectivity index (χ2n) is 5.97. The van der Waals surface area contributed by atoms with Gasteiger partial charge in [-0.3, -0.25) is 9.79 Å². The molecular formula is C14H28N4O2. The molecule has 1 aliphatic heterocycles. The van der Waals surface area contributed by atoms with Crippen LogP contribution in [0.2, 0.25) is 0 Å². The van der Waals surface area contributed by atoms with Crippen molar-refractivity contribution < 1.29 is 9.53 Å². The highest BCUT2D eigenvalue weighted by Gasteiger charge is 2.27. The number of amides is 1. The van der Waals surface area contributed by atoms with E-state index in [2.05, 4.69) is 20.5 Å². The molecule has 0 spiro atoms. The molecule has 116 valence electrons. The Morgan fingerprint density at radius 1 is 1.50 bits per heavy atom. The summed E-state index contributed by atoms with van der Waals surface area (Å²) in [6.07, 6.45) is 1.10. The molecule has 1 unspecified atom stereocenters. The summed E-state index contributed by atoms with van der Waals surface area (Å²) < 4.78 is 5.39. The predicted molar refractivity (Wildman–Crippen MR) is 80.8 cm³/mol. The number of carbonyl (C=O) groups is 1. The number of aliphatic imine (C=N–C) groups is 1. The number of nitrogens with zero attached hydrogens (tertiary/aromatic N) is 2. The van der Waals surface area contributed by atoms with Crippen LogP contribution in [0.1, 0.15) is 20.3 Å². The van der Waals surface area contributed by atoms with E-state index in [4.69, 9.17) is 4.74 Å². The second kappa shape index (κ2) is 7.47. The molecule has 0 saturated carbocycles. The first-order chi connectivity index (χ1) is 9.40. The largest absolute Gasteiger partial charge is 0.381 e. The maximum atomic E-state index is 11.8. The number of ether oxygens (including phenoxy) is 1. The Bertz CT molecular complexity index is 349. The van der Waals surface area contributed by atoms with Gasteiger partial charge in [-0.15, -0.1) is 0 Å². The Balaban J connectivity index is 2.48. The molecular weight excluding hydrogens is 256 g/mol. The third kappa shape index (κ3) is 4.67. The van der Waals surface area contributed by atoms with Gasteiger partial charge in [0, 0.05) is 46.8 Å². The Kier molecular flexibility index (Phi) is 6.26. The molecule has 1 atom stereocenters. The lowest BCUT2D eigenvalue weighted by molar-refractivity contribution is -0.128. The van der Waals surface area contributed by atoms with Crippen LogP contribution < -0.4 is 10.6 Å². The second-order valence-corrected chi connectivity index (χ2v) is 5.97. The fourth-order valence-electron chi connectivity index (χ4n) is 2.30. The van der Waals surface area contributed by atoms with Gasteiger partial charge in [0.25, 0.3) is 0 Å². The summed E-state index contributed by atoms with van der Waals surface area (Å²) in [7, 11) is 5.43. The summed E-state index contributed by atoms with van der Waals surface area (Å²) in [4.78, 5) is 18.1. The molecule has 1 amide bonds. The zero-order chi connectivity index (χ0) is 15.2. The SMILES string of the molecule is CN=C(NCC(C)(C)C(=O)NC)N(C)CC1CCOC1. The molecule has 1 rings (SSSR count). The monoisotopic (exact) mass is 284 g/mol. The molecule has 1 saturated heterocycles. The smallest absolute Gasteiger partial charge is 0.227 e. The number of carbonyl (C=O) groups excluding carboxylic acids is 1. The number of guanidine groups is 1. The first kappa shape index (κ1) is 16.8. The average molecular weight is 284 g/mol. The van der Waals surface area contributed by atoms with E-state index in [9.17, 15) is 4.79 Å². The van der Waals surface area contributed by atoms with Crippen molar-refractivity contribution in [2.45, 2.75) is 20.3 Å². The van der Waals surface area contributed by atoms with Crippen molar-refractivity contribution in [2.75, 3.05) is 47.4 Å². The van der Waals surface area contributed by atoms with Crippen LogP contribution >= 0.6 is 0 Å². The highest BCUT2D eigenvalue weighted by Crippen LogP contribution is 2.15. The van der Waals surface area contributed by atoms with Crippen LogP contribution in [-0.2, 0) is 9.53 Å². The lowest BCUT2D eigenvalue weighted by Gasteiger charge is -2.28. The summed E-state index contributed by atoms with van der Waals surface area (Å²) in [6, 6.07) is 0. The van der Waals surface area contributed by atoms with Gasteiger partial charge in [-0.05, 0) is 20.3 Å². The van der Waals surface area contributed by atoms with E-state index in [1.54, 1.807) is 14.1 Å². The Labute approximate surface area is 122 Å². The van der Waals surface area contributed by atoms with E-state index in [-0.39, 0.29) is 5.91 Å². The van der Waals surface area contributed by atoms with Crippen LogP contribution in [0.15, 0.2) is 4.99 Å². The average Bonchev–Trinajstić information content (AvgIpc) is 2.91. The maximum absolute atomic E-state index is 11.8. The fourth-order valence-corrected chi connectivity index (χ4v) is 2.30. The third-order valence-electron chi connectivity index (χ3n) is 3.66. The molecule has 0 aliphatic carbocycles. The molecule has 0 radical (unpaired) electrons. The van der Waals surface area contributed by atoms with Gasteiger partial charge in [0.2, 0.25) is 5.91 Å². The topological polar surface area (TPSA) is 66.0 Å². The minimum Gasteiger partial charge on any atom is -0.381 e. The summed E-state index contributed by atoms with van der Waals surface area (Å²) in [5.41, 5.74) is -0.470. The third-order valence-corrected chi connectivity index (χ3v) is 3.66. The number of nitrogens with one attached hydrogen (secondary N) is 2. The van der Waals surface area contributed by atoms with E-state index in [0.29, 0.717) is 12.5 Å². The van der Waals surface area contributed by atoms with Crippen LogP contribution in [-0.4, -0.2) is 64.2 Å². The van der Waals surface area contributed by atoms with E-state index in [0.717, 1.165) is 32.1 Å². The molecule has 0 aromatic carbocycles. The normalized spacial score (nSPS) is 19.9. The highest BCUT2D eigenvalue weighted by atomic mass is 16.5. The number of rotatable bonds is 5. The van der Waals surface area contributed by atoms with Gasteiger partial charge < -0.3 is 20.3 Å². The van der Waals surface area contributed by atoms with E-state index in [1.807, 2.05) is 20.9 Å². The zero-order valence-electron chi connectivity index (χ0n) is 13.3. The van der Waals surface area contributed by atoms with Gasteiger partial charge in [0.15, 0.2) is 5.96 Å². The van der Waals surface area contributed by atoms with Crippen molar-refractivity contribution in [3.63, 3.8) is 0 Å². The van der Waals surface area contributed by atoms with Crippen molar-refractivity contribution in [1.82, 2.24) is 15.5 Å². The summed E-state index contributed by atoms with van der Waals surface area (Å²) >= 11 is 0. The molecule has 0 bridgehead atoms. The quantitative estimate of drug-likeness (QED) is 0.563. The van der Waals surface area contributed by atoms with Gasteiger partial charge in [0.1, 0.15) is 0 Å². The van der Waals surface area contributed by atoms with Crippen molar-refractivity contribution in [3.8, 4) is 0 Å². The van der Waals surface area contributed by atoms with Crippen molar-refractivity contribution in [1.29, 1.82) is 0 Å². The molecule has 0 aromatic heterocycles. The molecule has 20 heavy (non-hydrogen) atoms. The predicted octanol–water partition coefficient (Wildman–Crippen LogP) is 0.302. The summed E-state index contributed by atoms with van der Waals surface area (Å²) in [5.74, 6) is 1.40. The van der Waals surface area contributed by atoms with Gasteiger partial charge in [-0.1, -0.05) is 0 Å². The van der Waals surface area contributed by atoms with E-state index >= 15 is 0 Å². The first-order valence-electron chi connectivity index (χ1n) is 7.12. The molecule has 2 N–H and O–H groups in total. The highest BCUT2D eigenvalue weighted by molar-refractivity contribution is 5.84. The van der Waals surface area contributed by atoms with Gasteiger partial charge in [0.05, 0.1) is 12.0 Å². The molecule has 1 aliphatic rings. The summed E-state index contributed by atoms with van der Waals surface area (Å²) in [6.45, 7) is 6.97. The molecule has 6 nitrogen and oxygen atoms in total. The van der Waals surface area contributed by atoms with E-state index < -0.39 is 5.41 Å². The van der Waals surface area contributed by atoms with E-state index in [1.165, 1.54) is 0 Å². The number of hydrogen-bond acceptors (Lipinski definition) is 3. The minimum absolute atomic E-state index is 0.0206. The van der Waals surface area contributed by atoms with Gasteiger partial charge in [-0.25, -0.2) is 0 Å². The van der Waals surface area contributed by atoms with Crippen LogP contribution in [0.25, 0.3) is 0 Å². The van der Waals surface area contributed by atoms with Crippen molar-refractivity contribution >= 4 is 11.9 Å². The number of hydrogen-bond donors (Lipinski definition) is 2. The van der Waals surface area contributed by atoms with Crippen LogP contribution in [0, 0.1) is 11.3 Å².